The molecule has 1 aliphatic heterocycles. The lowest BCUT2D eigenvalue weighted by atomic mass is 10.1. The van der Waals surface area contributed by atoms with E-state index in [-0.39, 0.29) is 11.4 Å². The summed E-state index contributed by atoms with van der Waals surface area (Å²) in [6, 6.07) is 10.5. The summed E-state index contributed by atoms with van der Waals surface area (Å²) in [6.07, 6.45) is 3.15. The van der Waals surface area contributed by atoms with Crippen LogP contribution in [0.5, 0.6) is 0 Å². The third-order valence-electron chi connectivity index (χ3n) is 3.96. The minimum Gasteiger partial charge on any atom is -0.322 e. The number of carbonyl (C=O) groups is 1. The molecule has 1 amide bonds. The van der Waals surface area contributed by atoms with Gasteiger partial charge in [-0.1, -0.05) is 24.3 Å². The fraction of sp³-hybridized carbons (Fsp3) is 0.125. The lowest BCUT2D eigenvalue weighted by Gasteiger charge is -2.18. The number of nitrogens with one attached hydrogen (secondary N) is 1. The molecule has 24 heavy (non-hydrogen) atoms. The van der Waals surface area contributed by atoms with Gasteiger partial charge in [0.25, 0.3) is 10.0 Å². The van der Waals surface area contributed by atoms with Crippen molar-refractivity contribution in [3.63, 3.8) is 0 Å². The van der Waals surface area contributed by atoms with Gasteiger partial charge in [0.15, 0.2) is 0 Å². The minimum atomic E-state index is -3.73. The molecule has 0 radical (unpaired) electrons. The van der Waals surface area contributed by atoms with Crippen molar-refractivity contribution in [2.75, 3.05) is 16.2 Å². The minimum absolute atomic E-state index is 0.241. The molecule has 4 rings (SSSR count). The topological polar surface area (TPSA) is 84.3 Å². The Morgan fingerprint density at radius 1 is 1.21 bits per heavy atom. The summed E-state index contributed by atoms with van der Waals surface area (Å²) in [5, 5.41) is 8.12. The number of amides is 1. The number of carbonyl (C=O) groups excluding carboxylic acids is 1. The number of aromatic nitrogens is 2. The van der Waals surface area contributed by atoms with Crippen LogP contribution in [0.15, 0.2) is 53.7 Å². The highest BCUT2D eigenvalue weighted by molar-refractivity contribution is 7.93. The van der Waals surface area contributed by atoms with Gasteiger partial charge in [0.1, 0.15) is 6.54 Å². The maximum Gasteiger partial charge on any atom is 0.265 e. The standard InChI is InChI=1S/C16H14N4O3S/c1-19-9-12(8-17-19)18-15(21)10-20-13-6-2-4-11-5-3-7-14(16(11)13)24(20,22)23/h2-9H,10H2,1H3,(H,18,21). The first kappa shape index (κ1) is 14.7. The normalized spacial score (nSPS) is 15.0. The molecule has 0 unspecified atom stereocenters. The fourth-order valence-corrected chi connectivity index (χ4v) is 4.61. The quantitative estimate of drug-likeness (QED) is 0.785. The SMILES string of the molecule is Cn1cc(NC(=O)CN2c3cccc4cccc(c34)S2(=O)=O)cn1. The smallest absolute Gasteiger partial charge is 0.265 e. The van der Waals surface area contributed by atoms with E-state index in [1.165, 1.54) is 6.20 Å². The molecule has 2 aromatic carbocycles. The van der Waals surface area contributed by atoms with Crippen LogP contribution in [0.1, 0.15) is 0 Å². The highest BCUT2D eigenvalue weighted by Crippen LogP contribution is 2.41. The molecule has 1 aromatic heterocycles. The Bertz CT molecular complexity index is 1070. The fourth-order valence-electron chi connectivity index (χ4n) is 2.95. The van der Waals surface area contributed by atoms with Crippen molar-refractivity contribution >= 4 is 38.1 Å². The Kier molecular flexibility index (Phi) is 3.10. The second kappa shape index (κ2) is 5.07. The van der Waals surface area contributed by atoms with Crippen LogP contribution in [0.4, 0.5) is 11.4 Å². The molecule has 1 aliphatic rings. The van der Waals surface area contributed by atoms with Gasteiger partial charge in [0.05, 0.1) is 22.5 Å². The molecule has 2 heterocycles. The first-order valence-corrected chi connectivity index (χ1v) is 8.74. The number of anilines is 2. The average molecular weight is 342 g/mol. The number of hydrogen-bond acceptors (Lipinski definition) is 4. The van der Waals surface area contributed by atoms with Gasteiger partial charge in [0.2, 0.25) is 5.91 Å². The predicted octanol–water partition coefficient (Wildman–Crippen LogP) is 1.72. The maximum atomic E-state index is 12.8. The summed E-state index contributed by atoms with van der Waals surface area (Å²) >= 11 is 0. The van der Waals surface area contributed by atoms with Gasteiger partial charge in [-0.05, 0) is 17.5 Å². The second-order valence-corrected chi connectivity index (χ2v) is 7.42. The van der Waals surface area contributed by atoms with E-state index in [1.54, 1.807) is 42.2 Å². The van der Waals surface area contributed by atoms with Crippen LogP contribution in [0.3, 0.4) is 0 Å². The van der Waals surface area contributed by atoms with Crippen molar-refractivity contribution in [3.8, 4) is 0 Å². The molecule has 0 atom stereocenters. The third-order valence-corrected chi connectivity index (χ3v) is 5.76. The highest BCUT2D eigenvalue weighted by Gasteiger charge is 2.36. The van der Waals surface area contributed by atoms with E-state index in [1.807, 2.05) is 12.1 Å². The Morgan fingerprint density at radius 2 is 1.96 bits per heavy atom. The second-order valence-electron chi connectivity index (χ2n) is 5.59. The molecule has 1 N–H and O–H groups in total. The lowest BCUT2D eigenvalue weighted by Crippen LogP contribution is -2.35. The van der Waals surface area contributed by atoms with Crippen molar-refractivity contribution in [2.24, 2.45) is 7.05 Å². The van der Waals surface area contributed by atoms with E-state index in [4.69, 9.17) is 0 Å². The van der Waals surface area contributed by atoms with Gasteiger partial charge in [-0.15, -0.1) is 0 Å². The summed E-state index contributed by atoms with van der Waals surface area (Å²) in [7, 11) is -1.99. The molecule has 122 valence electrons. The molecule has 0 spiro atoms. The molecule has 8 heteroatoms. The summed E-state index contributed by atoms with van der Waals surface area (Å²) < 4.78 is 28.3. The van der Waals surface area contributed by atoms with E-state index in [0.29, 0.717) is 16.8 Å². The predicted molar refractivity (Wildman–Crippen MR) is 90.3 cm³/mol. The van der Waals surface area contributed by atoms with Crippen LogP contribution >= 0.6 is 0 Å². The van der Waals surface area contributed by atoms with Crippen molar-refractivity contribution in [2.45, 2.75) is 4.90 Å². The van der Waals surface area contributed by atoms with E-state index >= 15 is 0 Å². The molecular formula is C16H14N4O3S. The zero-order valence-corrected chi connectivity index (χ0v) is 13.6. The highest BCUT2D eigenvalue weighted by atomic mass is 32.2. The number of benzene rings is 2. The summed E-state index contributed by atoms with van der Waals surface area (Å²) in [4.78, 5) is 12.5. The number of rotatable bonds is 3. The molecular weight excluding hydrogens is 328 g/mol. The maximum absolute atomic E-state index is 12.8. The molecule has 0 fully saturated rings. The van der Waals surface area contributed by atoms with Crippen LogP contribution in [-0.2, 0) is 21.9 Å². The molecule has 7 nitrogen and oxygen atoms in total. The molecule has 0 bridgehead atoms. The van der Waals surface area contributed by atoms with Gasteiger partial charge >= 0.3 is 0 Å². The van der Waals surface area contributed by atoms with Crippen LogP contribution in [0.25, 0.3) is 10.8 Å². The lowest BCUT2D eigenvalue weighted by molar-refractivity contribution is -0.114. The Balaban J connectivity index is 1.69. The number of nitrogens with zero attached hydrogens (tertiary/aromatic N) is 3. The van der Waals surface area contributed by atoms with Crippen molar-refractivity contribution in [1.82, 2.24) is 9.78 Å². The van der Waals surface area contributed by atoms with Gasteiger partial charge in [0, 0.05) is 18.6 Å². The number of aryl methyl sites for hydroxylation is 1. The van der Waals surface area contributed by atoms with Gasteiger partial charge in [-0.25, -0.2) is 8.42 Å². The van der Waals surface area contributed by atoms with Crippen LogP contribution in [0, 0.1) is 0 Å². The van der Waals surface area contributed by atoms with Crippen LogP contribution < -0.4 is 9.62 Å². The first-order valence-electron chi connectivity index (χ1n) is 7.30. The Hall–Kier alpha value is -2.87. The molecule has 3 aromatic rings. The molecule has 0 saturated heterocycles. The molecule has 0 aliphatic carbocycles. The van der Waals surface area contributed by atoms with E-state index in [9.17, 15) is 13.2 Å². The first-order chi connectivity index (χ1) is 11.5. The van der Waals surface area contributed by atoms with Gasteiger partial charge in [-0.3, -0.25) is 13.8 Å². The molecule has 0 saturated carbocycles. The zero-order chi connectivity index (χ0) is 16.9. The van der Waals surface area contributed by atoms with E-state index in [2.05, 4.69) is 10.4 Å². The van der Waals surface area contributed by atoms with Crippen molar-refractivity contribution in [1.29, 1.82) is 0 Å². The zero-order valence-electron chi connectivity index (χ0n) is 12.8. The Morgan fingerprint density at radius 3 is 2.67 bits per heavy atom. The van der Waals surface area contributed by atoms with Crippen molar-refractivity contribution < 1.29 is 13.2 Å². The summed E-state index contributed by atoms with van der Waals surface area (Å²) in [5.41, 5.74) is 1.05. The van der Waals surface area contributed by atoms with Crippen molar-refractivity contribution in [3.05, 3.63) is 48.8 Å². The average Bonchev–Trinajstić information content (AvgIpc) is 3.04. The van der Waals surface area contributed by atoms with E-state index in [0.717, 1.165) is 9.69 Å². The number of sulfonamides is 1. The summed E-state index contributed by atoms with van der Waals surface area (Å²) in [6.45, 7) is -0.287. The monoisotopic (exact) mass is 342 g/mol. The van der Waals surface area contributed by atoms with Gasteiger partial charge < -0.3 is 5.32 Å². The van der Waals surface area contributed by atoms with Crippen LogP contribution in [-0.4, -0.2) is 30.7 Å². The van der Waals surface area contributed by atoms with Crippen LogP contribution in [0.2, 0.25) is 0 Å². The summed E-state index contributed by atoms with van der Waals surface area (Å²) in [5.74, 6) is -0.420. The third kappa shape index (κ3) is 2.15. The van der Waals surface area contributed by atoms with Gasteiger partial charge in [-0.2, -0.15) is 5.10 Å². The largest absolute Gasteiger partial charge is 0.322 e. The van der Waals surface area contributed by atoms with E-state index < -0.39 is 15.9 Å². The number of hydrogen-bond donors (Lipinski definition) is 1. The Labute approximate surface area is 138 Å².